The van der Waals surface area contributed by atoms with Crippen LogP contribution < -0.4 is 16.0 Å². The minimum atomic E-state index is -1.57. The van der Waals surface area contributed by atoms with Crippen LogP contribution in [0.4, 0.5) is 10.1 Å². The number of carbonyl (C=O) groups is 2. The molecule has 2 aromatic carbocycles. The number of nitrogens with zero attached hydrogens (tertiary/aromatic N) is 1. The van der Waals surface area contributed by atoms with Gasteiger partial charge in [-0.05, 0) is 55.1 Å². The first-order valence-electron chi connectivity index (χ1n) is 12.0. The van der Waals surface area contributed by atoms with Crippen molar-refractivity contribution in [3.63, 3.8) is 0 Å². The zero-order chi connectivity index (χ0) is 26.7. The van der Waals surface area contributed by atoms with Gasteiger partial charge in [-0.3, -0.25) is 4.79 Å². The summed E-state index contributed by atoms with van der Waals surface area (Å²) >= 11 is 11.6. The van der Waals surface area contributed by atoms with Gasteiger partial charge in [-0.2, -0.15) is 0 Å². The summed E-state index contributed by atoms with van der Waals surface area (Å²) in [6.07, 6.45) is -1.22. The Bertz CT molecular complexity index is 982. The smallest absolute Gasteiger partial charge is 0.328 e. The van der Waals surface area contributed by atoms with Crippen molar-refractivity contribution in [3.05, 3.63) is 65.5 Å². The van der Waals surface area contributed by atoms with E-state index in [2.05, 4.69) is 5.32 Å². The number of hydrogen-bond acceptors (Lipinski definition) is 5. The molecule has 0 saturated carbocycles. The minimum absolute atomic E-state index is 0.0911. The third kappa shape index (κ3) is 9.12. The highest BCUT2D eigenvalue weighted by molar-refractivity contribution is 6.18. The molecule has 6 nitrogen and oxygen atoms in total. The normalized spacial score (nSPS) is 13.9. The fourth-order valence-electron chi connectivity index (χ4n) is 3.34. The van der Waals surface area contributed by atoms with Crippen molar-refractivity contribution < 1.29 is 21.5 Å². The fourth-order valence-corrected chi connectivity index (χ4v) is 3.63. The number of esters is 1. The van der Waals surface area contributed by atoms with E-state index in [0.717, 1.165) is 11.3 Å². The molecule has 3 N–H and O–H groups in total. The van der Waals surface area contributed by atoms with Gasteiger partial charge in [0, 0.05) is 39.7 Å². The first-order valence-corrected chi connectivity index (χ1v) is 12.1. The van der Waals surface area contributed by atoms with E-state index in [0.29, 0.717) is 18.0 Å². The number of alkyl halides is 2. The Morgan fingerprint density at radius 2 is 1.68 bits per heavy atom. The van der Waals surface area contributed by atoms with Crippen LogP contribution in [0, 0.1) is 5.82 Å². The zero-order valence-electron chi connectivity index (χ0n) is 21.1. The molecule has 34 heavy (non-hydrogen) atoms. The number of hydrogen-bond donors (Lipinski definition) is 2. The Hall–Kier alpha value is -2.35. The van der Waals surface area contributed by atoms with Gasteiger partial charge in [0.05, 0.1) is 12.6 Å². The van der Waals surface area contributed by atoms with Crippen molar-refractivity contribution in [3.8, 4) is 0 Å². The van der Waals surface area contributed by atoms with Gasteiger partial charge in [-0.25, -0.2) is 9.18 Å². The van der Waals surface area contributed by atoms with E-state index in [1.54, 1.807) is 31.2 Å². The second-order valence-electron chi connectivity index (χ2n) is 7.62. The Balaban J connectivity index is 2.04. The quantitative estimate of drug-likeness (QED) is 0.297. The largest absolute Gasteiger partial charge is 0.464 e. The summed E-state index contributed by atoms with van der Waals surface area (Å²) in [4.78, 5) is 27.0. The van der Waals surface area contributed by atoms with Gasteiger partial charge in [-0.15, -0.1) is 23.2 Å². The van der Waals surface area contributed by atoms with Gasteiger partial charge in [0.1, 0.15) is 11.9 Å². The number of ether oxygens (including phenoxy) is 1. The van der Waals surface area contributed by atoms with Crippen LogP contribution in [0.2, 0.25) is 0 Å². The molecular weight excluding hydrogens is 480 g/mol. The van der Waals surface area contributed by atoms with E-state index in [1.165, 1.54) is 12.1 Å². The van der Waals surface area contributed by atoms with Crippen molar-refractivity contribution in [1.29, 1.82) is 0 Å². The van der Waals surface area contributed by atoms with Gasteiger partial charge >= 0.3 is 5.97 Å². The molecule has 2 aromatic rings. The Morgan fingerprint density at radius 3 is 2.26 bits per heavy atom. The van der Waals surface area contributed by atoms with Crippen LogP contribution in [0.15, 0.2) is 48.5 Å². The molecular formula is C25H32Cl2FN3O3. The predicted octanol–water partition coefficient (Wildman–Crippen LogP) is 3.66. The second kappa shape index (κ2) is 14.8. The lowest BCUT2D eigenvalue weighted by Gasteiger charge is -2.24. The lowest BCUT2D eigenvalue weighted by Crippen LogP contribution is -2.50. The third-order valence-corrected chi connectivity index (χ3v) is 5.44. The Labute approximate surface area is 213 Å². The molecule has 0 bridgehead atoms. The molecule has 9 heteroatoms. The summed E-state index contributed by atoms with van der Waals surface area (Å²) in [7, 11) is 0. The van der Waals surface area contributed by atoms with Gasteiger partial charge < -0.3 is 20.7 Å². The van der Waals surface area contributed by atoms with Crippen molar-refractivity contribution in [2.45, 2.75) is 38.2 Å². The fraction of sp³-hybridized carbons (Fsp3) is 0.440. The average Bonchev–Trinajstić information content (AvgIpc) is 2.85. The molecule has 0 saturated heterocycles. The van der Waals surface area contributed by atoms with Crippen LogP contribution in [0.25, 0.3) is 0 Å². The number of anilines is 1. The molecule has 0 aromatic heterocycles. The molecule has 2 atom stereocenters. The van der Waals surface area contributed by atoms with Gasteiger partial charge in [0.2, 0.25) is 5.91 Å². The van der Waals surface area contributed by atoms with Crippen molar-refractivity contribution in [1.82, 2.24) is 5.32 Å². The van der Waals surface area contributed by atoms with Gasteiger partial charge in [-0.1, -0.05) is 24.3 Å². The summed E-state index contributed by atoms with van der Waals surface area (Å²) in [6, 6.07) is 11.0. The zero-order valence-corrected chi connectivity index (χ0v) is 20.6. The van der Waals surface area contributed by atoms with Gasteiger partial charge in [0.15, 0.2) is 0 Å². The summed E-state index contributed by atoms with van der Waals surface area (Å²) in [6.45, 7) is 2.36. The molecule has 0 fully saturated rings. The van der Waals surface area contributed by atoms with Gasteiger partial charge in [0.25, 0.3) is 0 Å². The van der Waals surface area contributed by atoms with Crippen LogP contribution >= 0.6 is 23.2 Å². The van der Waals surface area contributed by atoms with Crippen LogP contribution in [-0.2, 0) is 27.2 Å². The monoisotopic (exact) mass is 513 g/mol. The number of nitrogens with two attached hydrogens (primary N) is 1. The number of amides is 1. The van der Waals surface area contributed by atoms with Crippen LogP contribution in [0.1, 0.15) is 27.2 Å². The molecule has 2 unspecified atom stereocenters. The number of carbonyl (C=O) groups excluding carboxylic acids is 2. The predicted molar refractivity (Wildman–Crippen MR) is 135 cm³/mol. The highest BCUT2D eigenvalue weighted by Gasteiger charge is 2.25. The first-order chi connectivity index (χ1) is 17.1. The van der Waals surface area contributed by atoms with Crippen molar-refractivity contribution >= 4 is 40.8 Å². The Morgan fingerprint density at radius 1 is 1.06 bits per heavy atom. The maximum atomic E-state index is 13.2. The molecule has 0 aliphatic carbocycles. The van der Waals surface area contributed by atoms with Crippen LogP contribution in [0.3, 0.4) is 0 Å². The summed E-state index contributed by atoms with van der Waals surface area (Å²) in [5.74, 6) is -1.32. The van der Waals surface area contributed by atoms with Crippen molar-refractivity contribution in [2.24, 2.45) is 5.73 Å². The topological polar surface area (TPSA) is 84.7 Å². The number of nitrogens with one attached hydrogen (secondary N) is 1. The van der Waals surface area contributed by atoms with Crippen LogP contribution in [-0.4, -0.2) is 55.4 Å². The third-order valence-electron chi connectivity index (χ3n) is 5.09. The molecule has 1 amide bonds. The molecule has 0 radical (unpaired) electrons. The summed E-state index contributed by atoms with van der Waals surface area (Å²) in [5.41, 5.74) is 8.35. The lowest BCUT2D eigenvalue weighted by molar-refractivity contribution is -0.147. The maximum absolute atomic E-state index is 13.2. The minimum Gasteiger partial charge on any atom is -0.464 e. The molecule has 0 heterocycles. The van der Waals surface area contributed by atoms with E-state index in [4.69, 9.17) is 36.4 Å². The first kappa shape index (κ1) is 24.8. The number of rotatable bonds is 14. The van der Waals surface area contributed by atoms with E-state index >= 15 is 0 Å². The van der Waals surface area contributed by atoms with E-state index in [1.807, 2.05) is 17.0 Å². The lowest BCUT2D eigenvalue weighted by atomic mass is 10.0. The molecule has 186 valence electrons. The molecule has 0 spiro atoms. The highest BCUT2D eigenvalue weighted by Crippen LogP contribution is 2.17. The molecule has 0 aliphatic heterocycles. The van der Waals surface area contributed by atoms with Crippen LogP contribution in [0.5, 0.6) is 0 Å². The van der Waals surface area contributed by atoms with Crippen molar-refractivity contribution in [2.75, 3.05) is 36.4 Å². The molecule has 2 rings (SSSR count). The van der Waals surface area contributed by atoms with E-state index < -0.39 is 36.2 Å². The maximum Gasteiger partial charge on any atom is 0.328 e. The standard InChI is InChI=1S/C25H32Cl2FN3O3/c1-2-34-25(33)23(17-19-4-8-20(28)9-5-19)30-24(32)22(29)16-18-6-10-21(11-7-18)31(15-13-27)14-3-12-26/h4-11,22-23H,2-3,12-17,29H2,1H3,(H,30,32)/i3D2. The summed E-state index contributed by atoms with van der Waals surface area (Å²) < 4.78 is 34.2. The summed E-state index contributed by atoms with van der Waals surface area (Å²) in [5, 5.41) is 2.65. The second-order valence-corrected chi connectivity index (χ2v) is 8.26. The average molecular weight is 514 g/mol. The highest BCUT2D eigenvalue weighted by atomic mass is 35.5. The SMILES string of the molecule is [2H]C([2H])(CCl)CN(CCCl)c1ccc(CC(N)C(=O)NC(Cc2ccc(F)cc2)C(=O)OCC)cc1. The Kier molecular flexibility index (Phi) is 10.8. The van der Waals surface area contributed by atoms with E-state index in [-0.39, 0.29) is 31.9 Å². The van der Waals surface area contributed by atoms with E-state index in [9.17, 15) is 14.0 Å². The molecule has 0 aliphatic rings. The number of benzene rings is 2. The number of halogens is 3.